The topological polar surface area (TPSA) is 28.3 Å². The highest BCUT2D eigenvalue weighted by Crippen LogP contribution is 2.38. The molecule has 3 nitrogen and oxygen atoms in total. The van der Waals surface area contributed by atoms with Gasteiger partial charge in [-0.3, -0.25) is 0 Å². The monoisotopic (exact) mass is 260 g/mol. The molecule has 0 amide bonds. The van der Waals surface area contributed by atoms with E-state index in [4.69, 9.17) is 4.74 Å². The number of nitrogens with one attached hydrogen (secondary N) is 1. The molecule has 0 fully saturated rings. The molecule has 0 unspecified atom stereocenters. The van der Waals surface area contributed by atoms with Gasteiger partial charge in [-0.25, -0.2) is 4.39 Å². The van der Waals surface area contributed by atoms with E-state index in [-0.39, 0.29) is 5.82 Å². The van der Waals surface area contributed by atoms with E-state index < -0.39 is 0 Å². The van der Waals surface area contributed by atoms with Gasteiger partial charge in [0, 0.05) is 42.6 Å². The van der Waals surface area contributed by atoms with Gasteiger partial charge in [-0.15, -0.1) is 0 Å². The van der Waals surface area contributed by atoms with Crippen molar-refractivity contribution in [1.82, 2.24) is 9.88 Å². The van der Waals surface area contributed by atoms with Crippen molar-refractivity contribution in [2.45, 2.75) is 19.3 Å². The van der Waals surface area contributed by atoms with Gasteiger partial charge >= 0.3 is 0 Å². The summed E-state index contributed by atoms with van der Waals surface area (Å²) < 4.78 is 19.5. The van der Waals surface area contributed by atoms with E-state index in [1.807, 2.05) is 0 Å². The van der Waals surface area contributed by atoms with Crippen molar-refractivity contribution >= 4 is 10.9 Å². The van der Waals surface area contributed by atoms with E-state index in [0.717, 1.165) is 48.8 Å². The molecule has 0 saturated heterocycles. The van der Waals surface area contributed by atoms with Crippen LogP contribution in [-0.2, 0) is 19.3 Å². The molecule has 0 atom stereocenters. The lowest BCUT2D eigenvalue weighted by molar-refractivity contribution is 0.339. The summed E-state index contributed by atoms with van der Waals surface area (Å²) in [5.74, 6) is 0.250. The number of benzene rings is 1. The van der Waals surface area contributed by atoms with Crippen LogP contribution in [0.15, 0.2) is 6.07 Å². The van der Waals surface area contributed by atoms with Crippen molar-refractivity contribution in [1.29, 1.82) is 0 Å². The van der Waals surface area contributed by atoms with Crippen molar-refractivity contribution in [3.05, 3.63) is 28.7 Å². The molecule has 19 heavy (non-hydrogen) atoms. The van der Waals surface area contributed by atoms with Gasteiger partial charge in [0.15, 0.2) is 11.6 Å². The van der Waals surface area contributed by atoms with E-state index >= 15 is 0 Å². The molecule has 0 saturated carbocycles. The third kappa shape index (κ3) is 1.59. The fourth-order valence-electron chi connectivity index (χ4n) is 3.32. The molecule has 4 heteroatoms. The molecule has 100 valence electrons. The number of aromatic nitrogens is 1. The Morgan fingerprint density at radius 2 is 2.05 bits per heavy atom. The molecule has 0 bridgehead atoms. The van der Waals surface area contributed by atoms with Crippen LogP contribution in [0.2, 0.25) is 0 Å². The predicted molar refractivity (Wildman–Crippen MR) is 72.4 cm³/mol. The molecule has 3 heterocycles. The lowest BCUT2D eigenvalue weighted by Crippen LogP contribution is -2.21. The zero-order chi connectivity index (χ0) is 13.0. The van der Waals surface area contributed by atoms with Gasteiger partial charge in [0.05, 0.1) is 12.1 Å². The molecule has 2 aliphatic rings. The van der Waals surface area contributed by atoms with Crippen molar-refractivity contribution in [3.8, 4) is 5.75 Å². The number of hydrogen-bond donors (Lipinski definition) is 1. The van der Waals surface area contributed by atoms with Crippen LogP contribution in [0.4, 0.5) is 4.39 Å². The van der Waals surface area contributed by atoms with E-state index in [2.05, 4.69) is 16.9 Å². The Balaban J connectivity index is 1.96. The molecule has 2 aliphatic heterocycles. The highest BCUT2D eigenvalue weighted by Gasteiger charge is 2.25. The van der Waals surface area contributed by atoms with Gasteiger partial charge < -0.3 is 14.6 Å². The van der Waals surface area contributed by atoms with Gasteiger partial charge in [0.2, 0.25) is 0 Å². The lowest BCUT2D eigenvalue weighted by atomic mass is 10.0. The van der Waals surface area contributed by atoms with Crippen LogP contribution >= 0.6 is 0 Å². The second-order valence-corrected chi connectivity index (χ2v) is 5.57. The molecule has 1 aromatic carbocycles. The van der Waals surface area contributed by atoms with Crippen LogP contribution in [0.3, 0.4) is 0 Å². The van der Waals surface area contributed by atoms with Crippen molar-refractivity contribution < 1.29 is 9.13 Å². The summed E-state index contributed by atoms with van der Waals surface area (Å²) in [5.41, 5.74) is 4.70. The maximum absolute atomic E-state index is 14.1. The largest absolute Gasteiger partial charge is 0.490 e. The van der Waals surface area contributed by atoms with Crippen molar-refractivity contribution in [3.63, 3.8) is 0 Å². The van der Waals surface area contributed by atoms with Crippen LogP contribution in [0.25, 0.3) is 10.9 Å². The molecule has 2 aromatic rings. The SMILES string of the molecule is CN1CCc2[nH]c3c4c(c(F)cc3c2CC1)OCC4. The Morgan fingerprint density at radius 1 is 1.21 bits per heavy atom. The highest BCUT2D eigenvalue weighted by molar-refractivity contribution is 5.90. The molecule has 0 radical (unpaired) electrons. The third-order valence-corrected chi connectivity index (χ3v) is 4.38. The summed E-state index contributed by atoms with van der Waals surface area (Å²) in [4.78, 5) is 5.86. The molecular formula is C15H17FN2O. The maximum atomic E-state index is 14.1. The van der Waals surface area contributed by atoms with Gasteiger partial charge in [0.25, 0.3) is 0 Å². The summed E-state index contributed by atoms with van der Waals surface area (Å²) in [6, 6.07) is 1.65. The van der Waals surface area contributed by atoms with E-state index in [1.165, 1.54) is 11.3 Å². The fourth-order valence-corrected chi connectivity index (χ4v) is 3.32. The quantitative estimate of drug-likeness (QED) is 0.787. The second-order valence-electron chi connectivity index (χ2n) is 5.57. The number of halogens is 1. The number of hydrogen-bond acceptors (Lipinski definition) is 2. The van der Waals surface area contributed by atoms with Gasteiger partial charge in [0.1, 0.15) is 0 Å². The van der Waals surface area contributed by atoms with Crippen LogP contribution in [0.1, 0.15) is 16.8 Å². The highest BCUT2D eigenvalue weighted by atomic mass is 19.1. The number of H-pyrrole nitrogens is 1. The van der Waals surface area contributed by atoms with Crippen LogP contribution in [0, 0.1) is 5.82 Å². The summed E-state index contributed by atoms with van der Waals surface area (Å²) in [5, 5.41) is 1.06. The first kappa shape index (κ1) is 11.3. The minimum Gasteiger partial charge on any atom is -0.490 e. The summed E-state index contributed by atoms with van der Waals surface area (Å²) >= 11 is 0. The van der Waals surface area contributed by atoms with Gasteiger partial charge in [-0.2, -0.15) is 0 Å². The Kier molecular flexibility index (Phi) is 2.36. The average molecular weight is 260 g/mol. The Morgan fingerprint density at radius 3 is 2.95 bits per heavy atom. The van der Waals surface area contributed by atoms with Crippen molar-refractivity contribution in [2.24, 2.45) is 0 Å². The zero-order valence-corrected chi connectivity index (χ0v) is 11.1. The number of likely N-dealkylation sites (N-methyl/N-ethyl adjacent to an activating group) is 1. The third-order valence-electron chi connectivity index (χ3n) is 4.38. The predicted octanol–water partition coefficient (Wildman–Crippen LogP) is 2.27. The lowest BCUT2D eigenvalue weighted by Gasteiger charge is -2.11. The van der Waals surface area contributed by atoms with E-state index in [0.29, 0.717) is 12.4 Å². The number of ether oxygens (including phenoxy) is 1. The first-order valence-electron chi connectivity index (χ1n) is 6.90. The Labute approximate surface area is 111 Å². The molecular weight excluding hydrogens is 243 g/mol. The van der Waals surface area contributed by atoms with Crippen LogP contribution in [-0.4, -0.2) is 36.6 Å². The molecule has 1 N–H and O–H groups in total. The number of rotatable bonds is 0. The molecule has 1 aromatic heterocycles. The number of fused-ring (bicyclic) bond motifs is 5. The van der Waals surface area contributed by atoms with E-state index in [9.17, 15) is 4.39 Å². The molecule has 0 aliphatic carbocycles. The second kappa shape index (κ2) is 3.97. The summed E-state index contributed by atoms with van der Waals surface area (Å²) in [6.45, 7) is 2.69. The summed E-state index contributed by atoms with van der Waals surface area (Å²) in [7, 11) is 2.14. The number of aromatic amines is 1. The average Bonchev–Trinajstić information content (AvgIpc) is 2.95. The minimum absolute atomic E-state index is 0.209. The van der Waals surface area contributed by atoms with E-state index in [1.54, 1.807) is 6.07 Å². The maximum Gasteiger partial charge on any atom is 0.166 e. The standard InChI is InChI=1S/C15H17FN2O/c1-18-5-2-9-11-8-12(16)15-10(4-7-19-15)14(11)17-13(9)3-6-18/h8,17H,2-7H2,1H3. The Bertz CT molecular complexity index is 662. The first-order valence-corrected chi connectivity index (χ1v) is 6.90. The normalized spacial score (nSPS) is 19.1. The van der Waals surface area contributed by atoms with Crippen molar-refractivity contribution in [2.75, 3.05) is 26.7 Å². The number of nitrogens with zero attached hydrogens (tertiary/aromatic N) is 1. The van der Waals surface area contributed by atoms with Crippen LogP contribution < -0.4 is 4.74 Å². The smallest absolute Gasteiger partial charge is 0.166 e. The Hall–Kier alpha value is -1.55. The molecule has 4 rings (SSSR count). The fraction of sp³-hybridized carbons (Fsp3) is 0.467. The molecule has 0 spiro atoms. The first-order chi connectivity index (χ1) is 9.24. The van der Waals surface area contributed by atoms with Gasteiger partial charge in [-0.1, -0.05) is 0 Å². The van der Waals surface area contributed by atoms with Crippen LogP contribution in [0.5, 0.6) is 5.75 Å². The van der Waals surface area contributed by atoms with Gasteiger partial charge in [-0.05, 0) is 25.1 Å². The minimum atomic E-state index is -0.209. The zero-order valence-electron chi connectivity index (χ0n) is 11.1. The summed E-state index contributed by atoms with van der Waals surface area (Å²) in [6.07, 6.45) is 2.81.